The van der Waals surface area contributed by atoms with E-state index in [1.54, 1.807) is 12.1 Å². The van der Waals surface area contributed by atoms with Crippen LogP contribution in [0, 0.1) is 17.8 Å². The Balaban J connectivity index is 2.27. The van der Waals surface area contributed by atoms with Crippen LogP contribution in [0.15, 0.2) is 29.2 Å². The van der Waals surface area contributed by atoms with E-state index in [1.807, 2.05) is 6.92 Å². The van der Waals surface area contributed by atoms with Gasteiger partial charge in [0.05, 0.1) is 11.0 Å². The predicted octanol–water partition coefficient (Wildman–Crippen LogP) is 0.422. The van der Waals surface area contributed by atoms with Crippen molar-refractivity contribution in [1.82, 2.24) is 4.31 Å². The Labute approximate surface area is 125 Å². The Morgan fingerprint density at radius 3 is 2.86 bits per heavy atom. The lowest BCUT2D eigenvalue weighted by Crippen LogP contribution is -2.44. The Kier molecular flexibility index (Phi) is 5.01. The summed E-state index contributed by atoms with van der Waals surface area (Å²) in [5, 5.41) is 18.4. The fourth-order valence-corrected chi connectivity index (χ4v) is 3.94. The number of hydrogen-bond donors (Lipinski definition) is 2. The van der Waals surface area contributed by atoms with Crippen LogP contribution in [0.5, 0.6) is 0 Å². The minimum atomic E-state index is -3.57. The van der Waals surface area contributed by atoms with Gasteiger partial charge in [-0.05, 0) is 30.5 Å². The van der Waals surface area contributed by atoms with Crippen LogP contribution in [0.1, 0.15) is 18.9 Å². The van der Waals surface area contributed by atoms with E-state index in [-0.39, 0.29) is 17.4 Å². The van der Waals surface area contributed by atoms with Crippen LogP contribution in [-0.2, 0) is 10.0 Å². The molecule has 1 saturated heterocycles. The van der Waals surface area contributed by atoms with Crippen LogP contribution >= 0.6 is 0 Å². The molecule has 5 nitrogen and oxygen atoms in total. The Bertz CT molecular complexity index is 660. The first-order valence-corrected chi connectivity index (χ1v) is 8.27. The summed E-state index contributed by atoms with van der Waals surface area (Å²) in [6.07, 6.45) is 0.00271. The van der Waals surface area contributed by atoms with Crippen molar-refractivity contribution in [2.75, 3.05) is 19.7 Å². The third-order valence-corrected chi connectivity index (χ3v) is 5.47. The van der Waals surface area contributed by atoms with Crippen LogP contribution in [-0.4, -0.2) is 48.7 Å². The van der Waals surface area contributed by atoms with E-state index in [0.29, 0.717) is 25.1 Å². The summed E-state index contributed by atoms with van der Waals surface area (Å²) in [5.41, 5.74) is 0.551. The molecule has 21 heavy (non-hydrogen) atoms. The van der Waals surface area contributed by atoms with E-state index in [1.165, 1.54) is 16.4 Å². The van der Waals surface area contributed by atoms with E-state index in [9.17, 15) is 13.5 Å². The average Bonchev–Trinajstić information content (AvgIpc) is 2.48. The van der Waals surface area contributed by atoms with Crippen LogP contribution in [0.3, 0.4) is 0 Å². The van der Waals surface area contributed by atoms with Gasteiger partial charge in [-0.3, -0.25) is 0 Å². The van der Waals surface area contributed by atoms with E-state index < -0.39 is 16.1 Å². The first-order chi connectivity index (χ1) is 9.95. The molecule has 114 valence electrons. The largest absolute Gasteiger partial charge is 0.393 e. The number of rotatable bonds is 2. The van der Waals surface area contributed by atoms with Gasteiger partial charge in [-0.25, -0.2) is 8.42 Å². The number of nitrogens with zero attached hydrogens (tertiary/aromatic N) is 1. The van der Waals surface area contributed by atoms with E-state index in [2.05, 4.69) is 11.8 Å². The van der Waals surface area contributed by atoms with Gasteiger partial charge < -0.3 is 10.2 Å². The molecule has 1 aliphatic heterocycles. The van der Waals surface area contributed by atoms with Crippen molar-refractivity contribution >= 4 is 10.0 Å². The van der Waals surface area contributed by atoms with Crippen molar-refractivity contribution in [3.63, 3.8) is 0 Å². The lowest BCUT2D eigenvalue weighted by Gasteiger charge is -2.33. The Morgan fingerprint density at radius 2 is 2.19 bits per heavy atom. The van der Waals surface area contributed by atoms with Crippen molar-refractivity contribution in [1.29, 1.82) is 0 Å². The van der Waals surface area contributed by atoms with Crippen molar-refractivity contribution < 1.29 is 18.6 Å². The summed E-state index contributed by atoms with van der Waals surface area (Å²) in [5.74, 6) is 5.12. The predicted molar refractivity (Wildman–Crippen MR) is 79.0 cm³/mol. The molecule has 6 heteroatoms. The molecule has 2 N–H and O–H groups in total. The SMILES string of the molecule is CC1CN(S(=O)(=O)c2cccc(C#CCO)c2)CCC1O. The van der Waals surface area contributed by atoms with Crippen molar-refractivity contribution in [3.8, 4) is 11.8 Å². The van der Waals surface area contributed by atoms with Crippen LogP contribution < -0.4 is 0 Å². The highest BCUT2D eigenvalue weighted by atomic mass is 32.2. The zero-order chi connectivity index (χ0) is 15.5. The molecule has 0 radical (unpaired) electrons. The van der Waals surface area contributed by atoms with Crippen LogP contribution in [0.4, 0.5) is 0 Å². The summed E-state index contributed by atoms with van der Waals surface area (Å²) in [6.45, 7) is 2.21. The molecule has 2 atom stereocenters. The second-order valence-electron chi connectivity index (χ2n) is 5.18. The quantitative estimate of drug-likeness (QED) is 0.776. The second kappa shape index (κ2) is 6.58. The van der Waals surface area contributed by atoms with Crippen molar-refractivity contribution in [3.05, 3.63) is 29.8 Å². The summed E-state index contributed by atoms with van der Waals surface area (Å²) in [4.78, 5) is 0.191. The van der Waals surface area contributed by atoms with Gasteiger partial charge in [-0.2, -0.15) is 4.31 Å². The van der Waals surface area contributed by atoms with Gasteiger partial charge in [-0.1, -0.05) is 24.8 Å². The molecule has 1 heterocycles. The molecule has 2 rings (SSSR count). The summed E-state index contributed by atoms with van der Waals surface area (Å²) in [6, 6.07) is 6.38. The molecule has 1 aromatic rings. The standard InChI is InChI=1S/C15H19NO4S/c1-12-11-16(8-7-15(12)18)21(19,20)14-6-2-4-13(10-14)5-3-9-17/h2,4,6,10,12,15,17-18H,7-9,11H2,1H3. The summed E-state index contributed by atoms with van der Waals surface area (Å²) < 4.78 is 26.6. The smallest absolute Gasteiger partial charge is 0.243 e. The summed E-state index contributed by atoms with van der Waals surface area (Å²) >= 11 is 0. The number of hydrogen-bond acceptors (Lipinski definition) is 4. The first-order valence-electron chi connectivity index (χ1n) is 6.83. The van der Waals surface area contributed by atoms with Gasteiger partial charge in [0.15, 0.2) is 0 Å². The highest BCUT2D eigenvalue weighted by Crippen LogP contribution is 2.24. The minimum Gasteiger partial charge on any atom is -0.393 e. The zero-order valence-corrected chi connectivity index (χ0v) is 12.7. The minimum absolute atomic E-state index is 0.0779. The van der Waals surface area contributed by atoms with Gasteiger partial charge in [0, 0.05) is 18.7 Å². The molecule has 0 amide bonds. The van der Waals surface area contributed by atoms with Crippen LogP contribution in [0.25, 0.3) is 0 Å². The molecule has 0 saturated carbocycles. The third kappa shape index (κ3) is 3.63. The lowest BCUT2D eigenvalue weighted by molar-refractivity contribution is 0.0628. The van der Waals surface area contributed by atoms with E-state index in [4.69, 9.17) is 5.11 Å². The van der Waals surface area contributed by atoms with Crippen LogP contribution in [0.2, 0.25) is 0 Å². The number of aliphatic hydroxyl groups excluding tert-OH is 2. The van der Waals surface area contributed by atoms with Gasteiger partial charge in [0.25, 0.3) is 0 Å². The zero-order valence-electron chi connectivity index (χ0n) is 11.9. The number of piperidine rings is 1. The third-order valence-electron chi connectivity index (χ3n) is 3.61. The van der Waals surface area contributed by atoms with Crippen molar-refractivity contribution in [2.45, 2.75) is 24.3 Å². The number of sulfonamides is 1. The monoisotopic (exact) mass is 309 g/mol. The highest BCUT2D eigenvalue weighted by Gasteiger charge is 2.32. The molecule has 1 aliphatic rings. The van der Waals surface area contributed by atoms with Crippen molar-refractivity contribution in [2.24, 2.45) is 5.92 Å². The maximum absolute atomic E-state index is 12.6. The highest BCUT2D eigenvalue weighted by molar-refractivity contribution is 7.89. The normalized spacial score (nSPS) is 23.4. The second-order valence-corrected chi connectivity index (χ2v) is 7.12. The number of benzene rings is 1. The fourth-order valence-electron chi connectivity index (χ4n) is 2.34. The molecule has 1 aromatic carbocycles. The molecule has 1 fully saturated rings. The van der Waals surface area contributed by atoms with Gasteiger partial charge in [0.2, 0.25) is 10.0 Å². The average molecular weight is 309 g/mol. The maximum Gasteiger partial charge on any atom is 0.243 e. The van der Waals surface area contributed by atoms with Gasteiger partial charge >= 0.3 is 0 Å². The molecule has 0 spiro atoms. The maximum atomic E-state index is 12.6. The molecule has 0 bridgehead atoms. The summed E-state index contributed by atoms with van der Waals surface area (Å²) in [7, 11) is -3.57. The molecule has 0 aromatic heterocycles. The lowest BCUT2D eigenvalue weighted by atomic mass is 9.99. The van der Waals surface area contributed by atoms with E-state index >= 15 is 0 Å². The number of aliphatic hydroxyl groups is 2. The molecule has 0 aliphatic carbocycles. The topological polar surface area (TPSA) is 77.8 Å². The fraction of sp³-hybridized carbons (Fsp3) is 0.467. The molecular weight excluding hydrogens is 290 g/mol. The Morgan fingerprint density at radius 1 is 1.43 bits per heavy atom. The molecule has 2 unspecified atom stereocenters. The van der Waals surface area contributed by atoms with Gasteiger partial charge in [-0.15, -0.1) is 0 Å². The molecular formula is C15H19NO4S. The van der Waals surface area contributed by atoms with E-state index in [0.717, 1.165) is 0 Å². The Hall–Kier alpha value is -1.39. The van der Waals surface area contributed by atoms with Gasteiger partial charge in [0.1, 0.15) is 6.61 Å². The first kappa shape index (κ1) is 16.0.